The zero-order chi connectivity index (χ0) is 17.6. The highest BCUT2D eigenvalue weighted by atomic mass is 32.1. The number of fused-ring (bicyclic) bond motifs is 2. The van der Waals surface area contributed by atoms with Crippen molar-refractivity contribution in [3.8, 4) is 0 Å². The number of benzene rings is 1. The Bertz CT molecular complexity index is 992. The summed E-state index contributed by atoms with van der Waals surface area (Å²) in [6.45, 7) is 5.06. The molecule has 0 atom stereocenters. The number of nitrogens with one attached hydrogen (secondary N) is 1. The van der Waals surface area contributed by atoms with Crippen molar-refractivity contribution in [3.63, 3.8) is 0 Å². The average Bonchev–Trinajstić information content (AvgIpc) is 2.94. The zero-order valence-corrected chi connectivity index (χ0v) is 15.0. The van der Waals surface area contributed by atoms with Gasteiger partial charge in [-0.15, -0.1) is 11.3 Å². The number of ether oxygens (including phenoxy) is 1. The van der Waals surface area contributed by atoms with Gasteiger partial charge in [0.2, 0.25) is 11.4 Å². The average molecular weight is 356 g/mol. The molecule has 2 aromatic heterocycles. The molecule has 3 N–H and O–H groups in total. The van der Waals surface area contributed by atoms with Crippen LogP contribution in [0.4, 0.5) is 5.95 Å². The third-order valence-electron chi connectivity index (χ3n) is 4.48. The van der Waals surface area contributed by atoms with E-state index in [0.717, 1.165) is 20.8 Å². The summed E-state index contributed by atoms with van der Waals surface area (Å²) >= 11 is 1.57. The summed E-state index contributed by atoms with van der Waals surface area (Å²) in [6.07, 6.45) is 0.602. The molecule has 0 aliphatic carbocycles. The molecule has 3 heterocycles. The van der Waals surface area contributed by atoms with Gasteiger partial charge in [-0.1, -0.05) is 30.3 Å². The van der Waals surface area contributed by atoms with E-state index in [1.54, 1.807) is 11.3 Å². The second-order valence-corrected chi connectivity index (χ2v) is 7.95. The van der Waals surface area contributed by atoms with E-state index in [-0.39, 0.29) is 11.0 Å². The second kappa shape index (κ2) is 5.94. The van der Waals surface area contributed by atoms with Gasteiger partial charge >= 0.3 is 0 Å². The Balaban J connectivity index is 1.90. The first-order chi connectivity index (χ1) is 12.0. The smallest absolute Gasteiger partial charge is 0.219 e. The van der Waals surface area contributed by atoms with Crippen molar-refractivity contribution < 1.29 is 4.74 Å². The van der Waals surface area contributed by atoms with E-state index in [9.17, 15) is 4.79 Å². The van der Waals surface area contributed by atoms with Crippen LogP contribution in [0.1, 0.15) is 29.9 Å². The van der Waals surface area contributed by atoms with Crippen LogP contribution in [0.3, 0.4) is 0 Å². The molecule has 1 aromatic carbocycles. The van der Waals surface area contributed by atoms with Gasteiger partial charge in [-0.3, -0.25) is 14.8 Å². The van der Waals surface area contributed by atoms with Crippen LogP contribution in [0.25, 0.3) is 10.3 Å². The second-order valence-electron chi connectivity index (χ2n) is 6.86. The van der Waals surface area contributed by atoms with Crippen LogP contribution in [0.5, 0.6) is 0 Å². The zero-order valence-electron chi connectivity index (χ0n) is 14.2. The molecular weight excluding hydrogens is 336 g/mol. The van der Waals surface area contributed by atoms with Gasteiger partial charge in [-0.25, -0.2) is 10.8 Å². The standard InChI is InChI=1S/C18H20N4O2S/c1-18(2)8-12-13(10-24-18)25-16-14(15(12)23)20-17(21-19)22(16)9-11-6-4-3-5-7-11/h3-7H,8-10,19H2,1-2H3,(H,20,21). The molecule has 130 valence electrons. The minimum Gasteiger partial charge on any atom is -0.370 e. The van der Waals surface area contributed by atoms with Crippen LogP contribution >= 0.6 is 11.3 Å². The number of nitrogens with zero attached hydrogens (tertiary/aromatic N) is 2. The van der Waals surface area contributed by atoms with E-state index in [1.165, 1.54) is 0 Å². The molecule has 25 heavy (non-hydrogen) atoms. The minimum atomic E-state index is -0.325. The highest BCUT2D eigenvalue weighted by Crippen LogP contribution is 2.33. The largest absolute Gasteiger partial charge is 0.370 e. The molecule has 6 nitrogen and oxygen atoms in total. The summed E-state index contributed by atoms with van der Waals surface area (Å²) in [6, 6.07) is 10.0. The molecule has 0 radical (unpaired) electrons. The maximum Gasteiger partial charge on any atom is 0.219 e. The SMILES string of the molecule is CC1(C)Cc2c(sc3c(nc(NN)n3Cc3ccccc3)c2=O)CO1. The molecule has 3 aromatic rings. The van der Waals surface area contributed by atoms with Gasteiger partial charge < -0.3 is 4.74 Å². The molecule has 0 spiro atoms. The summed E-state index contributed by atoms with van der Waals surface area (Å²) in [4.78, 5) is 19.3. The lowest BCUT2D eigenvalue weighted by Gasteiger charge is -2.30. The third kappa shape index (κ3) is 2.84. The molecule has 4 rings (SSSR count). The Morgan fingerprint density at radius 1 is 1.36 bits per heavy atom. The molecule has 0 bridgehead atoms. The Morgan fingerprint density at radius 3 is 2.84 bits per heavy atom. The fourth-order valence-electron chi connectivity index (χ4n) is 3.19. The first-order valence-corrected chi connectivity index (χ1v) is 9.00. The van der Waals surface area contributed by atoms with E-state index in [0.29, 0.717) is 31.0 Å². The van der Waals surface area contributed by atoms with Crippen molar-refractivity contribution >= 4 is 27.6 Å². The Hall–Kier alpha value is -2.22. The maximum absolute atomic E-state index is 13.0. The van der Waals surface area contributed by atoms with E-state index < -0.39 is 0 Å². The van der Waals surface area contributed by atoms with Crippen molar-refractivity contribution in [1.82, 2.24) is 9.55 Å². The molecule has 0 saturated carbocycles. The number of hydrazine groups is 1. The monoisotopic (exact) mass is 356 g/mol. The minimum absolute atomic E-state index is 0.0107. The van der Waals surface area contributed by atoms with Crippen molar-refractivity contribution in [2.24, 2.45) is 5.84 Å². The van der Waals surface area contributed by atoms with Crippen LogP contribution in [0.15, 0.2) is 35.1 Å². The van der Waals surface area contributed by atoms with Gasteiger partial charge in [-0.2, -0.15) is 0 Å². The highest BCUT2D eigenvalue weighted by Gasteiger charge is 2.30. The third-order valence-corrected chi connectivity index (χ3v) is 5.69. The molecule has 7 heteroatoms. The van der Waals surface area contributed by atoms with Gasteiger partial charge in [0.1, 0.15) is 10.3 Å². The lowest BCUT2D eigenvalue weighted by atomic mass is 9.95. The normalized spacial score (nSPS) is 16.0. The first-order valence-electron chi connectivity index (χ1n) is 8.18. The van der Waals surface area contributed by atoms with Crippen LogP contribution in [-0.4, -0.2) is 15.2 Å². The van der Waals surface area contributed by atoms with Crippen molar-refractivity contribution in [2.45, 2.75) is 39.0 Å². The molecular formula is C18H20N4O2S. The summed E-state index contributed by atoms with van der Waals surface area (Å²) in [5.74, 6) is 6.15. The van der Waals surface area contributed by atoms with Gasteiger partial charge in [0.25, 0.3) is 0 Å². The van der Waals surface area contributed by atoms with Crippen LogP contribution in [0.2, 0.25) is 0 Å². The topological polar surface area (TPSA) is 82.2 Å². The Morgan fingerprint density at radius 2 is 2.12 bits per heavy atom. The Labute approximate surface area is 149 Å². The summed E-state index contributed by atoms with van der Waals surface area (Å²) in [5.41, 5.74) is 4.71. The quantitative estimate of drug-likeness (QED) is 0.557. The van der Waals surface area contributed by atoms with Crippen molar-refractivity contribution in [1.29, 1.82) is 0 Å². The molecule has 0 saturated heterocycles. The number of rotatable bonds is 3. The van der Waals surface area contributed by atoms with Crippen molar-refractivity contribution in [2.75, 3.05) is 5.43 Å². The highest BCUT2D eigenvalue weighted by molar-refractivity contribution is 7.18. The number of imidazole rings is 1. The van der Waals surface area contributed by atoms with Crippen molar-refractivity contribution in [3.05, 3.63) is 56.6 Å². The van der Waals surface area contributed by atoms with Crippen LogP contribution < -0.4 is 16.7 Å². The van der Waals surface area contributed by atoms with E-state index in [2.05, 4.69) is 10.4 Å². The van der Waals surface area contributed by atoms with Crippen LogP contribution in [-0.2, 0) is 24.3 Å². The molecule has 0 unspecified atom stereocenters. The van der Waals surface area contributed by atoms with E-state index in [4.69, 9.17) is 10.6 Å². The van der Waals surface area contributed by atoms with Gasteiger partial charge in [0.15, 0.2) is 0 Å². The first kappa shape index (κ1) is 16.3. The lowest BCUT2D eigenvalue weighted by Crippen LogP contribution is -2.34. The lowest BCUT2D eigenvalue weighted by molar-refractivity contribution is -0.0386. The Kier molecular flexibility index (Phi) is 3.87. The summed E-state index contributed by atoms with van der Waals surface area (Å²) in [5, 5.41) is 0. The fourth-order valence-corrected chi connectivity index (χ4v) is 4.33. The van der Waals surface area contributed by atoms with Gasteiger partial charge in [0, 0.05) is 16.9 Å². The maximum atomic E-state index is 13.0. The fraction of sp³-hybridized carbons (Fsp3) is 0.333. The number of hydrogen-bond acceptors (Lipinski definition) is 6. The summed E-state index contributed by atoms with van der Waals surface area (Å²) < 4.78 is 7.84. The predicted molar refractivity (Wildman–Crippen MR) is 99.8 cm³/mol. The number of hydrogen-bond donors (Lipinski definition) is 2. The number of aromatic nitrogens is 2. The molecule has 0 fully saturated rings. The van der Waals surface area contributed by atoms with Crippen LogP contribution in [0, 0.1) is 0 Å². The molecule has 1 aliphatic rings. The van der Waals surface area contributed by atoms with Gasteiger partial charge in [-0.05, 0) is 19.4 Å². The molecule has 0 amide bonds. The van der Waals surface area contributed by atoms with E-state index in [1.807, 2.05) is 48.7 Å². The van der Waals surface area contributed by atoms with Gasteiger partial charge in [0.05, 0.1) is 18.8 Å². The number of anilines is 1. The summed E-state index contributed by atoms with van der Waals surface area (Å²) in [7, 11) is 0. The molecule has 1 aliphatic heterocycles. The number of nitrogen functional groups attached to an aromatic ring is 1. The predicted octanol–water partition coefficient (Wildman–Crippen LogP) is 2.64. The number of nitrogens with two attached hydrogens (primary N) is 1. The van der Waals surface area contributed by atoms with E-state index >= 15 is 0 Å².